The number of aromatic nitrogens is 1. The number of hydrogen-bond donors (Lipinski definition) is 0. The summed E-state index contributed by atoms with van der Waals surface area (Å²) in [6.07, 6.45) is -1.09. The standard InChI is InChI=1S/C18H14F3N/c19-18(20,21)16-10-7-13(8-11-16)6-9-15-4-1-3-14-5-2-12-22-17(14)15/h1-5,7-8,10-12H,6,9H2. The summed E-state index contributed by atoms with van der Waals surface area (Å²) >= 11 is 0. The topological polar surface area (TPSA) is 12.9 Å². The van der Waals surface area contributed by atoms with Crippen molar-refractivity contribution in [1.82, 2.24) is 4.98 Å². The molecule has 0 saturated carbocycles. The second-order valence-electron chi connectivity index (χ2n) is 5.19. The Morgan fingerprint density at radius 2 is 1.55 bits per heavy atom. The van der Waals surface area contributed by atoms with Crippen molar-refractivity contribution in [3.8, 4) is 0 Å². The van der Waals surface area contributed by atoms with Gasteiger partial charge < -0.3 is 0 Å². The van der Waals surface area contributed by atoms with Crippen LogP contribution >= 0.6 is 0 Å². The second kappa shape index (κ2) is 5.79. The van der Waals surface area contributed by atoms with Crippen LogP contribution in [0.15, 0.2) is 60.8 Å². The van der Waals surface area contributed by atoms with Gasteiger partial charge in [0.1, 0.15) is 0 Å². The maximum Gasteiger partial charge on any atom is 0.416 e. The molecule has 0 spiro atoms. The van der Waals surface area contributed by atoms with Crippen molar-refractivity contribution in [1.29, 1.82) is 0 Å². The minimum absolute atomic E-state index is 0.608. The van der Waals surface area contributed by atoms with Gasteiger partial charge in [0, 0.05) is 11.6 Å². The van der Waals surface area contributed by atoms with Gasteiger partial charge in [0.2, 0.25) is 0 Å². The first-order valence-electron chi connectivity index (χ1n) is 7.03. The molecule has 22 heavy (non-hydrogen) atoms. The summed E-state index contributed by atoms with van der Waals surface area (Å²) in [4.78, 5) is 4.39. The van der Waals surface area contributed by atoms with Crippen molar-refractivity contribution in [3.05, 3.63) is 77.5 Å². The Morgan fingerprint density at radius 3 is 2.27 bits per heavy atom. The number of pyridine rings is 1. The zero-order valence-corrected chi connectivity index (χ0v) is 11.8. The smallest absolute Gasteiger partial charge is 0.256 e. The average molecular weight is 301 g/mol. The van der Waals surface area contributed by atoms with Gasteiger partial charge >= 0.3 is 6.18 Å². The Hall–Kier alpha value is -2.36. The van der Waals surface area contributed by atoms with Crippen molar-refractivity contribution < 1.29 is 13.2 Å². The van der Waals surface area contributed by atoms with Crippen LogP contribution in [0.1, 0.15) is 16.7 Å². The van der Waals surface area contributed by atoms with E-state index in [0.717, 1.165) is 40.6 Å². The monoisotopic (exact) mass is 301 g/mol. The minimum Gasteiger partial charge on any atom is -0.256 e. The molecule has 0 aliphatic rings. The third-order valence-corrected chi connectivity index (χ3v) is 3.68. The van der Waals surface area contributed by atoms with Gasteiger partial charge in [-0.2, -0.15) is 13.2 Å². The fourth-order valence-electron chi connectivity index (χ4n) is 2.51. The summed E-state index contributed by atoms with van der Waals surface area (Å²) in [5.41, 5.74) is 2.35. The molecule has 0 amide bonds. The number of rotatable bonds is 3. The predicted octanol–water partition coefficient (Wildman–Crippen LogP) is 5.04. The van der Waals surface area contributed by atoms with Gasteiger partial charge in [-0.1, -0.05) is 36.4 Å². The molecule has 1 heterocycles. The normalized spacial score (nSPS) is 11.8. The van der Waals surface area contributed by atoms with Crippen molar-refractivity contribution >= 4 is 10.9 Å². The third kappa shape index (κ3) is 3.11. The van der Waals surface area contributed by atoms with Crippen LogP contribution in [-0.4, -0.2) is 4.98 Å². The van der Waals surface area contributed by atoms with Crippen LogP contribution in [0, 0.1) is 0 Å². The molecule has 2 aromatic carbocycles. The summed E-state index contributed by atoms with van der Waals surface area (Å²) in [5, 5.41) is 1.08. The van der Waals surface area contributed by atoms with E-state index in [1.54, 1.807) is 18.3 Å². The predicted molar refractivity (Wildman–Crippen MR) is 80.6 cm³/mol. The summed E-state index contributed by atoms with van der Waals surface area (Å²) < 4.78 is 37.6. The average Bonchev–Trinajstić information content (AvgIpc) is 2.52. The molecule has 0 fully saturated rings. The number of nitrogens with zero attached hydrogens (tertiary/aromatic N) is 1. The van der Waals surface area contributed by atoms with E-state index in [1.807, 2.05) is 30.3 Å². The molecule has 0 atom stereocenters. The highest BCUT2D eigenvalue weighted by molar-refractivity contribution is 5.81. The number of fused-ring (bicyclic) bond motifs is 1. The lowest BCUT2D eigenvalue weighted by Gasteiger charge is -2.08. The van der Waals surface area contributed by atoms with Crippen LogP contribution in [0.4, 0.5) is 13.2 Å². The van der Waals surface area contributed by atoms with Crippen LogP contribution in [0.5, 0.6) is 0 Å². The van der Waals surface area contributed by atoms with E-state index < -0.39 is 11.7 Å². The first-order chi connectivity index (χ1) is 10.5. The zero-order chi connectivity index (χ0) is 15.6. The van der Waals surface area contributed by atoms with Gasteiger partial charge in [0.05, 0.1) is 11.1 Å². The SMILES string of the molecule is FC(F)(F)c1ccc(CCc2cccc3cccnc23)cc1. The largest absolute Gasteiger partial charge is 0.416 e. The summed E-state index contributed by atoms with van der Waals surface area (Å²) in [6, 6.07) is 15.2. The Labute approximate surface area is 126 Å². The molecule has 3 aromatic rings. The molecule has 1 nitrogen and oxygen atoms in total. The van der Waals surface area contributed by atoms with Gasteiger partial charge in [0.25, 0.3) is 0 Å². The first-order valence-corrected chi connectivity index (χ1v) is 7.03. The maximum atomic E-state index is 12.5. The van der Waals surface area contributed by atoms with E-state index in [4.69, 9.17) is 0 Å². The molecule has 4 heteroatoms. The highest BCUT2D eigenvalue weighted by Gasteiger charge is 2.29. The van der Waals surface area contributed by atoms with Crippen molar-refractivity contribution in [3.63, 3.8) is 0 Å². The van der Waals surface area contributed by atoms with Crippen molar-refractivity contribution in [2.24, 2.45) is 0 Å². The van der Waals surface area contributed by atoms with E-state index in [0.29, 0.717) is 6.42 Å². The Balaban J connectivity index is 1.77. The molecule has 0 aliphatic carbocycles. The Kier molecular flexibility index (Phi) is 3.84. The van der Waals surface area contributed by atoms with E-state index in [9.17, 15) is 13.2 Å². The van der Waals surface area contributed by atoms with Crippen LogP contribution < -0.4 is 0 Å². The number of benzene rings is 2. The molecule has 0 N–H and O–H groups in total. The molecule has 112 valence electrons. The van der Waals surface area contributed by atoms with Crippen LogP contribution in [-0.2, 0) is 19.0 Å². The molecule has 0 aliphatic heterocycles. The Morgan fingerprint density at radius 1 is 0.818 bits per heavy atom. The summed E-state index contributed by atoms with van der Waals surface area (Å²) in [6.45, 7) is 0. The van der Waals surface area contributed by atoms with E-state index in [2.05, 4.69) is 4.98 Å². The molecule has 3 rings (SSSR count). The van der Waals surface area contributed by atoms with E-state index in [1.165, 1.54) is 0 Å². The van der Waals surface area contributed by atoms with Crippen LogP contribution in [0.2, 0.25) is 0 Å². The number of hydrogen-bond acceptors (Lipinski definition) is 1. The fourth-order valence-corrected chi connectivity index (χ4v) is 2.51. The van der Waals surface area contributed by atoms with Gasteiger partial charge in [-0.3, -0.25) is 4.98 Å². The molecular weight excluding hydrogens is 287 g/mol. The van der Waals surface area contributed by atoms with Crippen LogP contribution in [0.25, 0.3) is 10.9 Å². The fraction of sp³-hybridized carbons (Fsp3) is 0.167. The lowest BCUT2D eigenvalue weighted by molar-refractivity contribution is -0.137. The number of halogens is 3. The summed E-state index contributed by atoms with van der Waals surface area (Å²) in [7, 11) is 0. The number of aryl methyl sites for hydroxylation is 2. The molecule has 0 bridgehead atoms. The molecule has 0 saturated heterocycles. The molecule has 0 radical (unpaired) electrons. The van der Waals surface area contributed by atoms with Crippen LogP contribution in [0.3, 0.4) is 0 Å². The highest BCUT2D eigenvalue weighted by Crippen LogP contribution is 2.29. The van der Waals surface area contributed by atoms with Gasteiger partial charge in [-0.05, 0) is 42.2 Å². The van der Waals surface area contributed by atoms with E-state index in [-0.39, 0.29) is 0 Å². The van der Waals surface area contributed by atoms with Crippen molar-refractivity contribution in [2.75, 3.05) is 0 Å². The Bertz CT molecular complexity index is 771. The minimum atomic E-state index is -4.28. The number of alkyl halides is 3. The zero-order valence-electron chi connectivity index (χ0n) is 11.8. The van der Waals surface area contributed by atoms with Gasteiger partial charge in [-0.25, -0.2) is 0 Å². The third-order valence-electron chi connectivity index (χ3n) is 3.68. The lowest BCUT2D eigenvalue weighted by atomic mass is 10.0. The molecule has 0 unspecified atom stereocenters. The van der Waals surface area contributed by atoms with E-state index >= 15 is 0 Å². The lowest BCUT2D eigenvalue weighted by Crippen LogP contribution is -2.04. The van der Waals surface area contributed by atoms with Crippen molar-refractivity contribution in [2.45, 2.75) is 19.0 Å². The first kappa shape index (κ1) is 14.6. The quantitative estimate of drug-likeness (QED) is 0.660. The highest BCUT2D eigenvalue weighted by atomic mass is 19.4. The second-order valence-corrected chi connectivity index (χ2v) is 5.19. The maximum absolute atomic E-state index is 12.5. The molecular formula is C18H14F3N. The van der Waals surface area contributed by atoms with Gasteiger partial charge in [-0.15, -0.1) is 0 Å². The molecule has 1 aromatic heterocycles. The number of para-hydroxylation sites is 1. The summed E-state index contributed by atoms with van der Waals surface area (Å²) in [5.74, 6) is 0. The van der Waals surface area contributed by atoms with Gasteiger partial charge in [0.15, 0.2) is 0 Å².